The molecule has 0 bridgehead atoms. The van der Waals surface area contributed by atoms with Crippen LogP contribution in [0.4, 0.5) is 0 Å². The quantitative estimate of drug-likeness (QED) is 0.610. The minimum Gasteiger partial charge on any atom is -0.354 e. The number of amides is 1. The molecule has 0 aliphatic heterocycles. The van der Waals surface area contributed by atoms with Crippen molar-refractivity contribution in [3.05, 3.63) is 0 Å². The molecule has 12 heavy (non-hydrogen) atoms. The summed E-state index contributed by atoms with van der Waals surface area (Å²) in [5, 5.41) is 2.75. The molecule has 0 radical (unpaired) electrons. The van der Waals surface area contributed by atoms with Crippen LogP contribution in [-0.2, 0) is 4.79 Å². The molecule has 0 unspecified atom stereocenters. The van der Waals surface area contributed by atoms with E-state index >= 15 is 0 Å². The summed E-state index contributed by atoms with van der Waals surface area (Å²) in [7, 11) is 5.97. The SMILES string of the molecule is CC[N+](C)(C)C1(C(=O)NC)CC1. The van der Waals surface area contributed by atoms with Gasteiger partial charge in [0.15, 0.2) is 5.54 Å². The summed E-state index contributed by atoms with van der Waals surface area (Å²) in [6, 6.07) is 0. The summed E-state index contributed by atoms with van der Waals surface area (Å²) in [4.78, 5) is 11.6. The second kappa shape index (κ2) is 2.73. The maximum absolute atomic E-state index is 11.6. The minimum absolute atomic E-state index is 0.108. The van der Waals surface area contributed by atoms with E-state index in [9.17, 15) is 4.79 Å². The number of hydrogen-bond donors (Lipinski definition) is 1. The van der Waals surface area contributed by atoms with Gasteiger partial charge in [-0.05, 0) is 6.92 Å². The second-order valence-corrected chi connectivity index (χ2v) is 4.11. The monoisotopic (exact) mass is 171 g/mol. The summed E-state index contributed by atoms with van der Waals surface area (Å²) >= 11 is 0. The molecule has 1 rings (SSSR count). The summed E-state index contributed by atoms with van der Waals surface area (Å²) < 4.78 is 0.812. The van der Waals surface area contributed by atoms with Gasteiger partial charge in [0.2, 0.25) is 0 Å². The van der Waals surface area contributed by atoms with Gasteiger partial charge in [0.05, 0.1) is 20.6 Å². The standard InChI is InChI=1S/C9H18N2O/c1-5-11(3,4)9(6-7-9)8(12)10-2/h5-7H2,1-4H3/p+1. The first-order chi connectivity index (χ1) is 5.50. The molecule has 0 heterocycles. The Labute approximate surface area is 74.3 Å². The number of rotatable bonds is 3. The highest BCUT2D eigenvalue weighted by molar-refractivity contribution is 5.87. The third-order valence-corrected chi connectivity index (χ3v) is 3.32. The lowest BCUT2D eigenvalue weighted by atomic mass is 10.1. The normalized spacial score (nSPS) is 20.3. The molecule has 1 aliphatic rings. The van der Waals surface area contributed by atoms with Crippen molar-refractivity contribution in [2.45, 2.75) is 25.3 Å². The summed E-state index contributed by atoms with van der Waals surface area (Å²) in [5.41, 5.74) is -0.108. The van der Waals surface area contributed by atoms with Gasteiger partial charge >= 0.3 is 0 Å². The number of quaternary nitrogens is 1. The molecule has 1 saturated carbocycles. The van der Waals surface area contributed by atoms with E-state index in [-0.39, 0.29) is 11.4 Å². The van der Waals surface area contributed by atoms with Gasteiger partial charge in [0.1, 0.15) is 0 Å². The largest absolute Gasteiger partial charge is 0.354 e. The summed E-state index contributed by atoms with van der Waals surface area (Å²) in [6.45, 7) is 3.14. The number of carbonyl (C=O) groups is 1. The van der Waals surface area contributed by atoms with E-state index in [0.29, 0.717) is 0 Å². The minimum atomic E-state index is -0.108. The predicted molar refractivity (Wildman–Crippen MR) is 48.7 cm³/mol. The zero-order chi connectivity index (χ0) is 9.41. The first-order valence-corrected chi connectivity index (χ1v) is 4.55. The van der Waals surface area contributed by atoms with Crippen LogP contribution >= 0.6 is 0 Å². The molecule has 0 saturated heterocycles. The fourth-order valence-corrected chi connectivity index (χ4v) is 1.76. The van der Waals surface area contributed by atoms with Gasteiger partial charge < -0.3 is 9.80 Å². The van der Waals surface area contributed by atoms with Gasteiger partial charge in [-0.2, -0.15) is 0 Å². The maximum Gasteiger partial charge on any atom is 0.281 e. The van der Waals surface area contributed by atoms with Crippen molar-refractivity contribution in [1.29, 1.82) is 0 Å². The molecule has 0 aromatic carbocycles. The lowest BCUT2D eigenvalue weighted by molar-refractivity contribution is -0.914. The lowest BCUT2D eigenvalue weighted by Gasteiger charge is -2.36. The fourth-order valence-electron chi connectivity index (χ4n) is 1.76. The van der Waals surface area contributed by atoms with E-state index in [1.807, 2.05) is 0 Å². The summed E-state index contributed by atoms with van der Waals surface area (Å²) in [5.74, 6) is 0.203. The molecular weight excluding hydrogens is 152 g/mol. The van der Waals surface area contributed by atoms with Gasteiger partial charge in [-0.1, -0.05) is 0 Å². The third kappa shape index (κ3) is 1.12. The fraction of sp³-hybridized carbons (Fsp3) is 0.889. The van der Waals surface area contributed by atoms with Gasteiger partial charge in [0, 0.05) is 19.9 Å². The van der Waals surface area contributed by atoms with Crippen LogP contribution in [0.3, 0.4) is 0 Å². The highest BCUT2D eigenvalue weighted by Gasteiger charge is 2.61. The Bertz CT molecular complexity index is 195. The Morgan fingerprint density at radius 1 is 1.50 bits per heavy atom. The van der Waals surface area contributed by atoms with Crippen LogP contribution in [0.15, 0.2) is 0 Å². The molecular formula is C9H19N2O+. The van der Waals surface area contributed by atoms with Crippen LogP contribution < -0.4 is 5.32 Å². The number of likely N-dealkylation sites (N-methyl/N-ethyl adjacent to an activating group) is 2. The van der Waals surface area contributed by atoms with E-state index in [0.717, 1.165) is 23.9 Å². The van der Waals surface area contributed by atoms with Crippen molar-refractivity contribution in [2.24, 2.45) is 0 Å². The molecule has 3 nitrogen and oxygen atoms in total. The number of carbonyl (C=O) groups excluding carboxylic acids is 1. The molecule has 3 heteroatoms. The van der Waals surface area contributed by atoms with Crippen LogP contribution in [-0.4, -0.2) is 43.6 Å². The molecule has 1 fully saturated rings. The van der Waals surface area contributed by atoms with Gasteiger partial charge in [0.25, 0.3) is 5.91 Å². The van der Waals surface area contributed by atoms with Crippen LogP contribution in [0.1, 0.15) is 19.8 Å². The number of nitrogens with zero attached hydrogens (tertiary/aromatic N) is 1. The van der Waals surface area contributed by atoms with Crippen LogP contribution in [0.2, 0.25) is 0 Å². The first-order valence-electron chi connectivity index (χ1n) is 4.55. The number of nitrogens with one attached hydrogen (secondary N) is 1. The molecule has 0 aromatic heterocycles. The molecule has 0 spiro atoms. The van der Waals surface area contributed by atoms with Gasteiger partial charge in [-0.3, -0.25) is 4.79 Å². The van der Waals surface area contributed by atoms with Crippen LogP contribution in [0, 0.1) is 0 Å². The zero-order valence-corrected chi connectivity index (χ0v) is 8.48. The molecule has 0 atom stereocenters. The number of hydrogen-bond acceptors (Lipinski definition) is 1. The Hall–Kier alpha value is -0.570. The van der Waals surface area contributed by atoms with Crippen molar-refractivity contribution in [2.75, 3.05) is 27.7 Å². The summed E-state index contributed by atoms with van der Waals surface area (Å²) in [6.07, 6.45) is 2.07. The topological polar surface area (TPSA) is 29.1 Å². The Balaban J connectivity index is 2.79. The maximum atomic E-state index is 11.6. The highest BCUT2D eigenvalue weighted by Crippen LogP contribution is 2.44. The lowest BCUT2D eigenvalue weighted by Crippen LogP contribution is -2.57. The van der Waals surface area contributed by atoms with E-state index in [2.05, 4.69) is 26.3 Å². The molecule has 70 valence electrons. The highest BCUT2D eigenvalue weighted by atomic mass is 16.2. The van der Waals surface area contributed by atoms with E-state index < -0.39 is 0 Å². The van der Waals surface area contributed by atoms with E-state index in [4.69, 9.17) is 0 Å². The average Bonchev–Trinajstić information content (AvgIpc) is 2.83. The molecule has 1 amide bonds. The molecule has 0 aromatic rings. The predicted octanol–water partition coefficient (Wildman–Crippen LogP) is 0.361. The van der Waals surface area contributed by atoms with Crippen molar-refractivity contribution < 1.29 is 9.28 Å². The Morgan fingerprint density at radius 2 is 2.00 bits per heavy atom. The van der Waals surface area contributed by atoms with Crippen molar-refractivity contribution in [3.63, 3.8) is 0 Å². The van der Waals surface area contributed by atoms with Crippen LogP contribution in [0.5, 0.6) is 0 Å². The van der Waals surface area contributed by atoms with Crippen molar-refractivity contribution in [3.8, 4) is 0 Å². The van der Waals surface area contributed by atoms with Crippen molar-refractivity contribution in [1.82, 2.24) is 5.32 Å². The smallest absolute Gasteiger partial charge is 0.281 e. The Morgan fingerprint density at radius 3 is 2.25 bits per heavy atom. The second-order valence-electron chi connectivity index (χ2n) is 4.11. The van der Waals surface area contributed by atoms with E-state index in [1.54, 1.807) is 7.05 Å². The van der Waals surface area contributed by atoms with Crippen molar-refractivity contribution >= 4 is 5.91 Å². The van der Waals surface area contributed by atoms with E-state index in [1.165, 1.54) is 0 Å². The Kier molecular flexibility index (Phi) is 2.17. The van der Waals surface area contributed by atoms with Gasteiger partial charge in [-0.15, -0.1) is 0 Å². The third-order valence-electron chi connectivity index (χ3n) is 3.32. The van der Waals surface area contributed by atoms with Crippen LogP contribution in [0.25, 0.3) is 0 Å². The first kappa shape index (κ1) is 9.52. The zero-order valence-electron chi connectivity index (χ0n) is 8.48. The molecule has 1 aliphatic carbocycles. The average molecular weight is 171 g/mol. The molecule has 1 N–H and O–H groups in total. The van der Waals surface area contributed by atoms with Gasteiger partial charge in [-0.25, -0.2) is 0 Å².